The first-order valence-corrected chi connectivity index (χ1v) is 6.83. The molecule has 20 heavy (non-hydrogen) atoms. The molecular weight excluding hydrogens is 254 g/mol. The summed E-state index contributed by atoms with van der Waals surface area (Å²) in [6.45, 7) is 2.65. The van der Waals surface area contributed by atoms with Gasteiger partial charge in [0, 0.05) is 18.6 Å². The number of carbonyl (C=O) groups excluding carboxylic acids is 1. The average Bonchev–Trinajstić information content (AvgIpc) is 2.95. The monoisotopic (exact) mass is 273 g/mol. The number of hydrogen-bond acceptors (Lipinski definition) is 3. The van der Waals surface area contributed by atoms with Gasteiger partial charge in [0.25, 0.3) is 5.91 Å². The third kappa shape index (κ3) is 3.83. The Kier molecular flexibility index (Phi) is 5.16. The molecule has 0 spiro atoms. The minimum atomic E-state index is -0.353. The fourth-order valence-electron chi connectivity index (χ4n) is 2.08. The van der Waals surface area contributed by atoms with Gasteiger partial charge in [-0.25, -0.2) is 0 Å². The summed E-state index contributed by atoms with van der Waals surface area (Å²) in [6, 6.07) is 5.73. The normalized spacial score (nSPS) is 17.4. The SMILES string of the molecule is Cc1ccc(C#CCCO)c(NC(=O)C2CCCO2)c1. The fraction of sp³-hybridized carbons (Fsp3) is 0.438. The Hall–Kier alpha value is -1.83. The second-order valence-corrected chi connectivity index (χ2v) is 4.82. The summed E-state index contributed by atoms with van der Waals surface area (Å²) in [6.07, 6.45) is 1.76. The predicted octanol–water partition coefficient (Wildman–Crippen LogP) is 1.85. The highest BCUT2D eigenvalue weighted by molar-refractivity contribution is 5.95. The second kappa shape index (κ2) is 7.09. The van der Waals surface area contributed by atoms with E-state index in [9.17, 15) is 4.79 Å². The van der Waals surface area contributed by atoms with Crippen LogP contribution in [0.3, 0.4) is 0 Å². The lowest BCUT2D eigenvalue weighted by Crippen LogP contribution is -2.27. The number of hydrogen-bond donors (Lipinski definition) is 2. The van der Waals surface area contributed by atoms with Crippen molar-refractivity contribution in [2.45, 2.75) is 32.3 Å². The van der Waals surface area contributed by atoms with Crippen LogP contribution in [0.5, 0.6) is 0 Å². The summed E-state index contributed by atoms with van der Waals surface area (Å²) >= 11 is 0. The van der Waals surface area contributed by atoms with Gasteiger partial charge in [-0.15, -0.1) is 0 Å². The summed E-state index contributed by atoms with van der Waals surface area (Å²) in [5.41, 5.74) is 2.52. The molecular formula is C16H19NO3. The molecule has 0 aliphatic carbocycles. The number of carbonyl (C=O) groups is 1. The number of nitrogens with one attached hydrogen (secondary N) is 1. The van der Waals surface area contributed by atoms with E-state index < -0.39 is 0 Å². The van der Waals surface area contributed by atoms with Crippen molar-refractivity contribution < 1.29 is 14.6 Å². The number of aliphatic hydroxyl groups excluding tert-OH is 1. The number of rotatable bonds is 3. The van der Waals surface area contributed by atoms with E-state index in [0.29, 0.717) is 18.7 Å². The van der Waals surface area contributed by atoms with Gasteiger partial charge in [0.2, 0.25) is 0 Å². The Labute approximate surface area is 119 Å². The standard InChI is InChI=1S/C16H19NO3/c1-12-7-8-13(5-2-3-9-18)14(11-12)17-16(19)15-6-4-10-20-15/h7-8,11,15,18H,3-4,6,9-10H2,1H3,(H,17,19). The molecule has 2 N–H and O–H groups in total. The molecule has 2 rings (SSSR count). The quantitative estimate of drug-likeness (QED) is 0.826. The average molecular weight is 273 g/mol. The van der Waals surface area contributed by atoms with Gasteiger partial charge < -0.3 is 15.2 Å². The Morgan fingerprint density at radius 2 is 2.40 bits per heavy atom. The molecule has 0 aromatic heterocycles. The topological polar surface area (TPSA) is 58.6 Å². The first-order valence-electron chi connectivity index (χ1n) is 6.83. The van der Waals surface area contributed by atoms with E-state index in [-0.39, 0.29) is 18.6 Å². The van der Waals surface area contributed by atoms with Gasteiger partial charge in [-0.1, -0.05) is 17.9 Å². The zero-order chi connectivity index (χ0) is 14.4. The smallest absolute Gasteiger partial charge is 0.253 e. The summed E-state index contributed by atoms with van der Waals surface area (Å²) < 4.78 is 5.37. The first kappa shape index (κ1) is 14.6. The maximum absolute atomic E-state index is 12.1. The molecule has 1 aromatic rings. The van der Waals surface area contributed by atoms with Crippen LogP contribution in [0.2, 0.25) is 0 Å². The van der Waals surface area contributed by atoms with Crippen molar-refractivity contribution in [2.75, 3.05) is 18.5 Å². The van der Waals surface area contributed by atoms with Crippen molar-refractivity contribution in [3.05, 3.63) is 29.3 Å². The molecule has 1 atom stereocenters. The lowest BCUT2D eigenvalue weighted by atomic mass is 10.1. The van der Waals surface area contributed by atoms with E-state index in [1.54, 1.807) is 0 Å². The van der Waals surface area contributed by atoms with E-state index in [1.165, 1.54) is 0 Å². The van der Waals surface area contributed by atoms with Gasteiger partial charge in [0.1, 0.15) is 6.10 Å². The Morgan fingerprint density at radius 1 is 1.55 bits per heavy atom. The largest absolute Gasteiger partial charge is 0.395 e. The highest BCUT2D eigenvalue weighted by Crippen LogP contribution is 2.19. The molecule has 1 heterocycles. The van der Waals surface area contributed by atoms with E-state index >= 15 is 0 Å². The molecule has 0 radical (unpaired) electrons. The molecule has 1 aliphatic rings. The molecule has 1 aromatic carbocycles. The van der Waals surface area contributed by atoms with Crippen LogP contribution < -0.4 is 5.32 Å². The zero-order valence-electron chi connectivity index (χ0n) is 11.6. The van der Waals surface area contributed by atoms with Gasteiger partial charge in [-0.05, 0) is 37.5 Å². The molecule has 4 nitrogen and oxygen atoms in total. The van der Waals surface area contributed by atoms with Crippen molar-refractivity contribution in [3.8, 4) is 11.8 Å². The van der Waals surface area contributed by atoms with E-state index in [4.69, 9.17) is 9.84 Å². The predicted molar refractivity (Wildman–Crippen MR) is 77.4 cm³/mol. The number of ether oxygens (including phenoxy) is 1. The Morgan fingerprint density at radius 3 is 3.10 bits per heavy atom. The molecule has 1 unspecified atom stereocenters. The van der Waals surface area contributed by atoms with Crippen molar-refractivity contribution in [2.24, 2.45) is 0 Å². The summed E-state index contributed by atoms with van der Waals surface area (Å²) in [5, 5.41) is 11.6. The number of amides is 1. The van der Waals surface area contributed by atoms with Crippen LogP contribution in [0.1, 0.15) is 30.4 Å². The zero-order valence-corrected chi connectivity index (χ0v) is 11.6. The maximum atomic E-state index is 12.1. The number of aliphatic hydroxyl groups is 1. The minimum absolute atomic E-state index is 0.0382. The number of benzene rings is 1. The molecule has 0 bridgehead atoms. The van der Waals surface area contributed by atoms with E-state index in [1.807, 2.05) is 25.1 Å². The minimum Gasteiger partial charge on any atom is -0.395 e. The molecule has 1 aliphatic heterocycles. The number of anilines is 1. The van der Waals surface area contributed by atoms with Gasteiger partial charge in [0.05, 0.1) is 12.3 Å². The maximum Gasteiger partial charge on any atom is 0.253 e. The van der Waals surface area contributed by atoms with Crippen LogP contribution in [0.25, 0.3) is 0 Å². The van der Waals surface area contributed by atoms with Crippen LogP contribution in [-0.4, -0.2) is 30.3 Å². The first-order chi connectivity index (χ1) is 9.70. The van der Waals surface area contributed by atoms with Crippen LogP contribution >= 0.6 is 0 Å². The van der Waals surface area contributed by atoms with Crippen molar-refractivity contribution >= 4 is 11.6 Å². The van der Waals surface area contributed by atoms with Crippen molar-refractivity contribution in [1.29, 1.82) is 0 Å². The van der Waals surface area contributed by atoms with Crippen LogP contribution in [-0.2, 0) is 9.53 Å². The van der Waals surface area contributed by atoms with Gasteiger partial charge >= 0.3 is 0 Å². The highest BCUT2D eigenvalue weighted by atomic mass is 16.5. The van der Waals surface area contributed by atoms with Gasteiger partial charge in [-0.3, -0.25) is 4.79 Å². The third-order valence-electron chi connectivity index (χ3n) is 3.11. The second-order valence-electron chi connectivity index (χ2n) is 4.82. The summed E-state index contributed by atoms with van der Waals surface area (Å²) in [5.74, 6) is 5.73. The van der Waals surface area contributed by atoms with Crippen LogP contribution in [0, 0.1) is 18.8 Å². The fourth-order valence-corrected chi connectivity index (χ4v) is 2.08. The molecule has 1 amide bonds. The number of aryl methyl sites for hydroxylation is 1. The van der Waals surface area contributed by atoms with E-state index in [2.05, 4.69) is 17.2 Å². The van der Waals surface area contributed by atoms with Crippen LogP contribution in [0.4, 0.5) is 5.69 Å². The third-order valence-corrected chi connectivity index (χ3v) is 3.11. The van der Waals surface area contributed by atoms with Gasteiger partial charge in [0.15, 0.2) is 0 Å². The highest BCUT2D eigenvalue weighted by Gasteiger charge is 2.23. The molecule has 1 saturated heterocycles. The van der Waals surface area contributed by atoms with Crippen molar-refractivity contribution in [3.63, 3.8) is 0 Å². The lowest BCUT2D eigenvalue weighted by Gasteiger charge is -2.12. The van der Waals surface area contributed by atoms with E-state index in [0.717, 1.165) is 24.0 Å². The van der Waals surface area contributed by atoms with Gasteiger partial charge in [-0.2, -0.15) is 0 Å². The Bertz CT molecular complexity index is 536. The molecule has 106 valence electrons. The Balaban J connectivity index is 2.14. The van der Waals surface area contributed by atoms with Crippen molar-refractivity contribution in [1.82, 2.24) is 0 Å². The summed E-state index contributed by atoms with van der Waals surface area (Å²) in [7, 11) is 0. The molecule has 0 saturated carbocycles. The molecule has 4 heteroatoms. The summed E-state index contributed by atoms with van der Waals surface area (Å²) in [4.78, 5) is 12.1. The molecule has 1 fully saturated rings. The lowest BCUT2D eigenvalue weighted by molar-refractivity contribution is -0.124. The van der Waals surface area contributed by atoms with Crippen LogP contribution in [0.15, 0.2) is 18.2 Å².